The fourth-order valence-electron chi connectivity index (χ4n) is 4.37. The van der Waals surface area contributed by atoms with E-state index in [0.29, 0.717) is 44.2 Å². The number of nitrogens with two attached hydrogens (primary N) is 1. The lowest BCUT2D eigenvalue weighted by atomic mass is 9.94. The van der Waals surface area contributed by atoms with E-state index >= 15 is 0 Å². The molecule has 1 aliphatic rings. The third kappa shape index (κ3) is 8.77. The number of carbonyl (C=O) groups is 5. The fraction of sp³-hybridized carbons (Fsp3) is 0.607. The number of benzene rings is 1. The van der Waals surface area contributed by atoms with Crippen molar-refractivity contribution >= 4 is 29.7 Å². The van der Waals surface area contributed by atoms with E-state index < -0.39 is 53.3 Å². The number of likely N-dealkylation sites (tertiary alicyclic amines) is 1. The van der Waals surface area contributed by atoms with Crippen LogP contribution in [0.1, 0.15) is 76.6 Å². The van der Waals surface area contributed by atoms with Crippen LogP contribution < -0.4 is 16.4 Å². The highest BCUT2D eigenvalue weighted by molar-refractivity contribution is 5.96. The zero-order valence-electron chi connectivity index (χ0n) is 23.3. The Hall–Kier alpha value is -3.47. The van der Waals surface area contributed by atoms with Crippen LogP contribution in [0.3, 0.4) is 0 Å². The molecule has 0 bridgehead atoms. The molecule has 1 saturated heterocycles. The van der Waals surface area contributed by atoms with Crippen LogP contribution in [0.5, 0.6) is 0 Å². The van der Waals surface area contributed by atoms with E-state index in [1.807, 2.05) is 6.07 Å². The largest absolute Gasteiger partial charge is 0.480 e. The van der Waals surface area contributed by atoms with Gasteiger partial charge in [-0.2, -0.15) is 0 Å². The lowest BCUT2D eigenvalue weighted by Crippen LogP contribution is -2.63. The molecule has 1 heterocycles. The maximum absolute atomic E-state index is 13.3. The number of aliphatic carboxylic acids is 1. The minimum atomic E-state index is -1.33. The molecule has 0 aliphatic carbocycles. The summed E-state index contributed by atoms with van der Waals surface area (Å²) in [5, 5.41) is 14.9. The highest BCUT2D eigenvalue weighted by atomic mass is 16.5. The lowest BCUT2D eigenvalue weighted by Gasteiger charge is -2.34. The third-order valence-electron chi connectivity index (χ3n) is 7.14. The molecule has 0 aromatic heterocycles. The number of nitrogens with zero attached hydrogens (tertiary/aromatic N) is 1. The second kappa shape index (κ2) is 14.6. The first-order chi connectivity index (χ1) is 18.4. The van der Waals surface area contributed by atoms with Gasteiger partial charge in [-0.25, -0.2) is 9.59 Å². The maximum atomic E-state index is 13.3. The van der Waals surface area contributed by atoms with Crippen molar-refractivity contribution in [2.45, 2.75) is 89.9 Å². The molecule has 1 aromatic rings. The fourth-order valence-corrected chi connectivity index (χ4v) is 4.37. The Labute approximate surface area is 229 Å². The number of esters is 1. The van der Waals surface area contributed by atoms with Crippen LogP contribution in [-0.2, 0) is 23.9 Å². The third-order valence-corrected chi connectivity index (χ3v) is 7.14. The summed E-state index contributed by atoms with van der Waals surface area (Å²) in [5.74, 6) is -3.28. The average Bonchev–Trinajstić information content (AvgIpc) is 3.41. The van der Waals surface area contributed by atoms with Crippen LogP contribution in [0.4, 0.5) is 0 Å². The number of hydrogen-bond donors (Lipinski definition) is 4. The number of carboxylic acid groups (broad SMARTS) is 1. The first kappa shape index (κ1) is 31.7. The molecular formula is C28H42N4O7. The molecule has 4 atom stereocenters. The second-order valence-electron chi connectivity index (χ2n) is 10.5. The van der Waals surface area contributed by atoms with Gasteiger partial charge in [-0.3, -0.25) is 14.4 Å². The quantitative estimate of drug-likeness (QED) is 0.202. The smallest absolute Gasteiger partial charge is 0.338 e. The number of unbranched alkanes of at least 4 members (excludes halogenated alkanes) is 1. The van der Waals surface area contributed by atoms with Crippen molar-refractivity contribution in [3.63, 3.8) is 0 Å². The van der Waals surface area contributed by atoms with E-state index in [0.717, 1.165) is 0 Å². The zero-order chi connectivity index (χ0) is 29.2. The van der Waals surface area contributed by atoms with Gasteiger partial charge in [0.2, 0.25) is 17.7 Å². The summed E-state index contributed by atoms with van der Waals surface area (Å²) in [6.45, 7) is 7.35. The number of hydrogen-bond acceptors (Lipinski definition) is 7. The van der Waals surface area contributed by atoms with Gasteiger partial charge in [0.25, 0.3) is 0 Å². The molecule has 39 heavy (non-hydrogen) atoms. The molecule has 0 saturated carbocycles. The zero-order valence-corrected chi connectivity index (χ0v) is 23.3. The second-order valence-corrected chi connectivity index (χ2v) is 10.5. The average molecular weight is 547 g/mol. The minimum Gasteiger partial charge on any atom is -0.480 e. The van der Waals surface area contributed by atoms with Crippen molar-refractivity contribution in [2.75, 3.05) is 13.2 Å². The number of nitrogens with one attached hydrogen (secondary N) is 2. The molecule has 0 radical (unpaired) electrons. The number of amides is 3. The molecule has 216 valence electrons. The van der Waals surface area contributed by atoms with Crippen molar-refractivity contribution in [1.82, 2.24) is 15.5 Å². The van der Waals surface area contributed by atoms with E-state index in [1.165, 1.54) is 4.90 Å². The van der Waals surface area contributed by atoms with Crippen molar-refractivity contribution < 1.29 is 33.8 Å². The van der Waals surface area contributed by atoms with E-state index in [2.05, 4.69) is 10.6 Å². The lowest BCUT2D eigenvalue weighted by molar-refractivity contribution is -0.150. The molecule has 1 fully saturated rings. The molecule has 1 aliphatic heterocycles. The van der Waals surface area contributed by atoms with Gasteiger partial charge in [-0.1, -0.05) is 39.0 Å². The topological polar surface area (TPSA) is 168 Å². The molecule has 5 N–H and O–H groups in total. The summed E-state index contributed by atoms with van der Waals surface area (Å²) in [5.41, 5.74) is 5.21. The van der Waals surface area contributed by atoms with Gasteiger partial charge in [0, 0.05) is 6.54 Å². The summed E-state index contributed by atoms with van der Waals surface area (Å²) in [4.78, 5) is 64.1. The molecule has 1 aromatic carbocycles. The Morgan fingerprint density at radius 2 is 1.82 bits per heavy atom. The number of ether oxygens (including phenoxy) is 1. The van der Waals surface area contributed by atoms with Crippen LogP contribution in [-0.4, -0.2) is 76.5 Å². The van der Waals surface area contributed by atoms with Gasteiger partial charge in [-0.05, 0) is 63.5 Å². The van der Waals surface area contributed by atoms with Crippen molar-refractivity contribution in [3.05, 3.63) is 35.9 Å². The van der Waals surface area contributed by atoms with Gasteiger partial charge in [0.1, 0.15) is 17.6 Å². The Morgan fingerprint density at radius 3 is 2.41 bits per heavy atom. The molecule has 2 rings (SSSR count). The standard InChI is InChI=1S/C28H42N4O7/c1-5-28(4,27(38)30-22(18(2)3)24(34)32-16-11-15-21(32)25(35)36)31-23(33)20(29)14-9-10-17-39-26(37)19-12-7-6-8-13-19/h6-8,12-13,18,20-22H,5,9-11,14-17,29H2,1-4H3,(H,30,38)(H,31,33)(H,35,36)/t20-,21+,22-,28?/m0/s1. The molecule has 3 amide bonds. The molecule has 11 heteroatoms. The van der Waals surface area contributed by atoms with E-state index in [1.54, 1.807) is 52.0 Å². The summed E-state index contributed by atoms with van der Waals surface area (Å²) in [7, 11) is 0. The van der Waals surface area contributed by atoms with Gasteiger partial charge >= 0.3 is 11.9 Å². The normalized spacial score (nSPS) is 18.1. The van der Waals surface area contributed by atoms with Gasteiger partial charge in [0.15, 0.2) is 0 Å². The Kier molecular flexibility index (Phi) is 11.9. The van der Waals surface area contributed by atoms with E-state index in [4.69, 9.17) is 10.5 Å². The van der Waals surface area contributed by atoms with Crippen LogP contribution in [0.2, 0.25) is 0 Å². The van der Waals surface area contributed by atoms with Crippen LogP contribution in [0, 0.1) is 5.92 Å². The summed E-state index contributed by atoms with van der Waals surface area (Å²) < 4.78 is 5.24. The molecular weight excluding hydrogens is 504 g/mol. The van der Waals surface area contributed by atoms with Crippen molar-refractivity contribution in [1.29, 1.82) is 0 Å². The minimum absolute atomic E-state index is 0.196. The Bertz CT molecular complexity index is 1020. The molecule has 11 nitrogen and oxygen atoms in total. The summed E-state index contributed by atoms with van der Waals surface area (Å²) in [6.07, 6.45) is 2.59. The monoisotopic (exact) mass is 546 g/mol. The van der Waals surface area contributed by atoms with Gasteiger partial charge in [-0.15, -0.1) is 0 Å². The molecule has 1 unspecified atom stereocenters. The predicted molar refractivity (Wildman–Crippen MR) is 145 cm³/mol. The van der Waals surface area contributed by atoms with Crippen molar-refractivity contribution in [2.24, 2.45) is 11.7 Å². The SMILES string of the molecule is CCC(C)(NC(=O)[C@@H](N)CCCCOC(=O)c1ccccc1)C(=O)N[C@H](C(=O)N1CCC[C@@H]1C(=O)O)C(C)C. The van der Waals surface area contributed by atoms with Crippen molar-refractivity contribution in [3.8, 4) is 0 Å². The predicted octanol–water partition coefficient (Wildman–Crippen LogP) is 1.84. The van der Waals surface area contributed by atoms with E-state index in [-0.39, 0.29) is 18.9 Å². The van der Waals surface area contributed by atoms with Gasteiger partial charge < -0.3 is 31.1 Å². The number of carbonyl (C=O) groups excluding carboxylic acids is 4. The maximum Gasteiger partial charge on any atom is 0.338 e. The van der Waals surface area contributed by atoms with Crippen LogP contribution in [0.15, 0.2) is 30.3 Å². The summed E-state index contributed by atoms with van der Waals surface area (Å²) in [6, 6.07) is 5.92. The molecule has 0 spiro atoms. The van der Waals surface area contributed by atoms with Gasteiger partial charge in [0.05, 0.1) is 18.2 Å². The Balaban J connectivity index is 1.88. The number of rotatable bonds is 14. The number of carboxylic acids is 1. The van der Waals surface area contributed by atoms with Crippen LogP contribution in [0.25, 0.3) is 0 Å². The Morgan fingerprint density at radius 1 is 1.15 bits per heavy atom. The highest BCUT2D eigenvalue weighted by Gasteiger charge is 2.41. The summed E-state index contributed by atoms with van der Waals surface area (Å²) >= 11 is 0. The first-order valence-electron chi connectivity index (χ1n) is 13.5. The van der Waals surface area contributed by atoms with Crippen LogP contribution >= 0.6 is 0 Å². The first-order valence-corrected chi connectivity index (χ1v) is 13.5. The highest BCUT2D eigenvalue weighted by Crippen LogP contribution is 2.21. The van der Waals surface area contributed by atoms with E-state index in [9.17, 15) is 29.1 Å².